The number of sulfonamides is 1. The smallest absolute Gasteiger partial charge is 0.264 e. The van der Waals surface area contributed by atoms with E-state index in [0.29, 0.717) is 22.0 Å². The number of nitrogens with zero attached hydrogens (tertiary/aromatic N) is 2. The zero-order chi connectivity index (χ0) is 35.8. The largest absolute Gasteiger partial charge is 0.493 e. The Morgan fingerprint density at radius 2 is 1.50 bits per heavy atom. The Hall–Kier alpha value is -4.54. The molecule has 9 nitrogen and oxygen atoms in total. The standard InChI is InChI=1S/C39H44ClN3O6S/c1-27-19-28(2)21-33(20-27)43(50(46,47)34-17-18-36(48-3)37(24-34)49-4)26-38(44)42(25-30-13-10-14-31(40)22-30)35(23-29-11-6-5-7-12-29)39(45)41-32-15-8-9-16-32/h5-7,10-14,17-22,24,32,35H,8-9,15-16,23,25-26H2,1-4H3,(H,41,45)/t35-/m0/s1. The number of carbonyl (C=O) groups is 2. The number of benzene rings is 4. The molecule has 264 valence electrons. The van der Waals surface area contributed by atoms with Crippen molar-refractivity contribution in [1.82, 2.24) is 10.2 Å². The Morgan fingerprint density at radius 1 is 0.840 bits per heavy atom. The molecule has 1 fully saturated rings. The molecule has 5 rings (SSSR count). The van der Waals surface area contributed by atoms with Crippen molar-refractivity contribution in [3.8, 4) is 11.5 Å². The monoisotopic (exact) mass is 717 g/mol. The van der Waals surface area contributed by atoms with Crippen molar-refractivity contribution in [2.45, 2.75) is 69.5 Å². The average Bonchev–Trinajstić information content (AvgIpc) is 3.61. The van der Waals surface area contributed by atoms with Gasteiger partial charge in [0.25, 0.3) is 10.0 Å². The molecule has 0 saturated heterocycles. The van der Waals surface area contributed by atoms with Gasteiger partial charge in [-0.25, -0.2) is 8.42 Å². The number of hydrogen-bond acceptors (Lipinski definition) is 6. The van der Waals surface area contributed by atoms with Gasteiger partial charge in [0.2, 0.25) is 11.8 Å². The van der Waals surface area contributed by atoms with Crippen LogP contribution in [0.3, 0.4) is 0 Å². The van der Waals surface area contributed by atoms with Crippen LogP contribution in [0, 0.1) is 13.8 Å². The number of anilines is 1. The molecule has 1 saturated carbocycles. The lowest BCUT2D eigenvalue weighted by Gasteiger charge is -2.34. The van der Waals surface area contributed by atoms with Crippen LogP contribution in [0.15, 0.2) is 95.9 Å². The molecule has 0 aromatic heterocycles. The highest BCUT2D eigenvalue weighted by atomic mass is 35.5. The van der Waals surface area contributed by atoms with Gasteiger partial charge in [-0.3, -0.25) is 13.9 Å². The van der Waals surface area contributed by atoms with Crippen LogP contribution in [0.25, 0.3) is 0 Å². The molecule has 0 spiro atoms. The Morgan fingerprint density at radius 3 is 2.14 bits per heavy atom. The highest BCUT2D eigenvalue weighted by Crippen LogP contribution is 2.33. The summed E-state index contributed by atoms with van der Waals surface area (Å²) >= 11 is 6.37. The predicted octanol–water partition coefficient (Wildman–Crippen LogP) is 6.87. The number of nitrogens with one attached hydrogen (secondary N) is 1. The summed E-state index contributed by atoms with van der Waals surface area (Å²) in [5.74, 6) is -0.230. The molecule has 4 aromatic rings. The molecule has 0 bridgehead atoms. The fraction of sp³-hybridized carbons (Fsp3) is 0.333. The predicted molar refractivity (Wildman–Crippen MR) is 196 cm³/mol. The quantitative estimate of drug-likeness (QED) is 0.153. The molecule has 2 amide bonds. The molecule has 0 heterocycles. The normalized spacial score (nSPS) is 13.8. The molecule has 11 heteroatoms. The van der Waals surface area contributed by atoms with Crippen molar-refractivity contribution in [1.29, 1.82) is 0 Å². The molecular weight excluding hydrogens is 674 g/mol. The van der Waals surface area contributed by atoms with Crippen LogP contribution in [0.2, 0.25) is 5.02 Å². The van der Waals surface area contributed by atoms with Crippen LogP contribution < -0.4 is 19.1 Å². The first kappa shape index (κ1) is 36.7. The second-order valence-corrected chi connectivity index (χ2v) is 15.0. The maximum Gasteiger partial charge on any atom is 0.264 e. The minimum atomic E-state index is -4.35. The number of halogens is 1. The van der Waals surface area contributed by atoms with Crippen molar-refractivity contribution in [2.75, 3.05) is 25.1 Å². The maximum atomic E-state index is 14.8. The maximum absolute atomic E-state index is 14.8. The summed E-state index contributed by atoms with van der Waals surface area (Å²) in [6.07, 6.45) is 4.03. The minimum absolute atomic E-state index is 0.0149. The molecule has 1 aliphatic carbocycles. The van der Waals surface area contributed by atoms with Gasteiger partial charge in [0, 0.05) is 30.1 Å². The van der Waals surface area contributed by atoms with Crippen molar-refractivity contribution in [3.05, 3.63) is 118 Å². The third-order valence-electron chi connectivity index (χ3n) is 8.93. The van der Waals surface area contributed by atoms with E-state index in [1.54, 1.807) is 30.3 Å². The molecule has 1 atom stereocenters. The SMILES string of the molecule is COc1ccc(S(=O)(=O)N(CC(=O)N(Cc2cccc(Cl)c2)[C@@H](Cc2ccccc2)C(=O)NC2CCCC2)c2cc(C)cc(C)c2)cc1OC. The summed E-state index contributed by atoms with van der Waals surface area (Å²) < 4.78 is 41.0. The summed E-state index contributed by atoms with van der Waals surface area (Å²) in [6, 6.07) is 25.4. The number of hydrogen-bond donors (Lipinski definition) is 1. The van der Waals surface area contributed by atoms with Gasteiger partial charge in [0.1, 0.15) is 12.6 Å². The van der Waals surface area contributed by atoms with Crippen LogP contribution in [-0.2, 0) is 32.6 Å². The number of amides is 2. The van der Waals surface area contributed by atoms with E-state index in [4.69, 9.17) is 21.1 Å². The zero-order valence-electron chi connectivity index (χ0n) is 28.9. The van der Waals surface area contributed by atoms with Crippen LogP contribution in [0.5, 0.6) is 11.5 Å². The Balaban J connectivity index is 1.60. The van der Waals surface area contributed by atoms with E-state index in [0.717, 1.165) is 46.7 Å². The molecule has 1 N–H and O–H groups in total. The summed E-state index contributed by atoms with van der Waals surface area (Å²) in [5, 5.41) is 3.68. The van der Waals surface area contributed by atoms with Gasteiger partial charge < -0.3 is 19.7 Å². The number of aryl methyl sites for hydroxylation is 2. The molecule has 4 aromatic carbocycles. The zero-order valence-corrected chi connectivity index (χ0v) is 30.5. The van der Waals surface area contributed by atoms with E-state index in [-0.39, 0.29) is 35.6 Å². The van der Waals surface area contributed by atoms with Crippen molar-refractivity contribution in [3.63, 3.8) is 0 Å². The fourth-order valence-electron chi connectivity index (χ4n) is 6.48. The van der Waals surface area contributed by atoms with Crippen LogP contribution in [-0.4, -0.2) is 58.0 Å². The van der Waals surface area contributed by atoms with Gasteiger partial charge >= 0.3 is 0 Å². The second-order valence-electron chi connectivity index (χ2n) is 12.7. The number of ether oxygens (including phenoxy) is 2. The molecule has 0 radical (unpaired) electrons. The highest BCUT2D eigenvalue weighted by molar-refractivity contribution is 7.92. The third-order valence-corrected chi connectivity index (χ3v) is 10.9. The van der Waals surface area contributed by atoms with Crippen LogP contribution in [0.4, 0.5) is 5.69 Å². The van der Waals surface area contributed by atoms with E-state index in [9.17, 15) is 18.0 Å². The van der Waals surface area contributed by atoms with Gasteiger partial charge in [0.05, 0.1) is 24.8 Å². The van der Waals surface area contributed by atoms with E-state index in [2.05, 4.69) is 5.32 Å². The van der Waals surface area contributed by atoms with Crippen LogP contribution in [0.1, 0.15) is 47.9 Å². The first-order chi connectivity index (χ1) is 24.0. The summed E-state index contributed by atoms with van der Waals surface area (Å²) in [6.45, 7) is 3.21. The molecule has 1 aliphatic rings. The topological polar surface area (TPSA) is 105 Å². The molecule has 0 unspecified atom stereocenters. The Kier molecular flexibility index (Phi) is 12.1. The van der Waals surface area contributed by atoms with Crippen molar-refractivity contribution >= 4 is 39.1 Å². The second kappa shape index (κ2) is 16.4. The number of rotatable bonds is 14. The lowest BCUT2D eigenvalue weighted by molar-refractivity contribution is -0.140. The average molecular weight is 718 g/mol. The highest BCUT2D eigenvalue weighted by Gasteiger charge is 2.36. The fourth-order valence-corrected chi connectivity index (χ4v) is 8.11. The van der Waals surface area contributed by atoms with Gasteiger partial charge in [-0.15, -0.1) is 0 Å². The molecule has 0 aliphatic heterocycles. The minimum Gasteiger partial charge on any atom is -0.493 e. The summed E-state index contributed by atoms with van der Waals surface area (Å²) in [5.41, 5.74) is 3.55. The van der Waals surface area contributed by atoms with Crippen LogP contribution >= 0.6 is 11.6 Å². The van der Waals surface area contributed by atoms with Crippen molar-refractivity contribution in [2.24, 2.45) is 0 Å². The van der Waals surface area contributed by atoms with Gasteiger partial charge in [-0.05, 0) is 85.3 Å². The Bertz CT molecular complexity index is 1890. The number of methoxy groups -OCH3 is 2. The van der Waals surface area contributed by atoms with Gasteiger partial charge in [-0.2, -0.15) is 0 Å². The van der Waals surface area contributed by atoms with Crippen molar-refractivity contribution < 1.29 is 27.5 Å². The molecular formula is C39H44ClN3O6S. The summed E-state index contributed by atoms with van der Waals surface area (Å²) in [7, 11) is -1.45. The van der Waals surface area contributed by atoms with E-state index in [1.165, 1.54) is 37.3 Å². The van der Waals surface area contributed by atoms with E-state index < -0.39 is 28.5 Å². The first-order valence-corrected chi connectivity index (χ1v) is 18.5. The van der Waals surface area contributed by atoms with Gasteiger partial charge in [-0.1, -0.05) is 73.0 Å². The third kappa shape index (κ3) is 8.97. The lowest BCUT2D eigenvalue weighted by atomic mass is 10.0. The first-order valence-electron chi connectivity index (χ1n) is 16.7. The molecule has 50 heavy (non-hydrogen) atoms. The number of carbonyl (C=O) groups excluding carboxylic acids is 2. The van der Waals surface area contributed by atoms with E-state index in [1.807, 2.05) is 56.3 Å². The van der Waals surface area contributed by atoms with Gasteiger partial charge in [0.15, 0.2) is 11.5 Å². The summed E-state index contributed by atoms with van der Waals surface area (Å²) in [4.78, 5) is 30.4. The Labute approximate surface area is 300 Å². The van der Waals surface area contributed by atoms with E-state index >= 15 is 0 Å². The lowest BCUT2D eigenvalue weighted by Crippen LogP contribution is -2.54.